The van der Waals surface area contributed by atoms with E-state index in [1.165, 1.54) is 17.2 Å². The molecular formula is C25H25F3N2O4. The van der Waals surface area contributed by atoms with Gasteiger partial charge in [0.2, 0.25) is 5.88 Å². The monoisotopic (exact) mass is 474 g/mol. The molecule has 2 aliphatic heterocycles. The SMILES string of the molecule is COCOc1ccc2c3c1OC1C(Oc4ccc(C(F)(F)F)cn4)C=C[C@H]4[C@@H](C2)N(C)CC[C@]314. The van der Waals surface area contributed by atoms with Crippen molar-refractivity contribution < 1.29 is 32.1 Å². The van der Waals surface area contributed by atoms with Gasteiger partial charge in [0.1, 0.15) is 6.10 Å². The molecule has 6 rings (SSSR count). The Bertz CT molecular complexity index is 1140. The van der Waals surface area contributed by atoms with Crippen LogP contribution in [0, 0.1) is 5.92 Å². The summed E-state index contributed by atoms with van der Waals surface area (Å²) < 4.78 is 62.6. The van der Waals surface area contributed by atoms with Gasteiger partial charge in [0.05, 0.1) is 5.56 Å². The van der Waals surface area contributed by atoms with Gasteiger partial charge in [-0.15, -0.1) is 0 Å². The normalized spacial score (nSPS) is 31.1. The van der Waals surface area contributed by atoms with E-state index in [1.807, 2.05) is 12.1 Å². The number of halogens is 3. The number of hydrogen-bond acceptors (Lipinski definition) is 6. The molecule has 1 saturated heterocycles. The first-order valence-corrected chi connectivity index (χ1v) is 11.4. The predicted molar refractivity (Wildman–Crippen MR) is 116 cm³/mol. The molecule has 9 heteroatoms. The van der Waals surface area contributed by atoms with Crippen molar-refractivity contribution in [2.75, 3.05) is 27.5 Å². The van der Waals surface area contributed by atoms with Crippen LogP contribution in [0.2, 0.25) is 0 Å². The van der Waals surface area contributed by atoms with Crippen molar-refractivity contribution in [3.05, 3.63) is 59.3 Å². The lowest BCUT2D eigenvalue weighted by Crippen LogP contribution is -2.65. The van der Waals surface area contributed by atoms with Crippen molar-refractivity contribution in [2.45, 2.75) is 42.7 Å². The van der Waals surface area contributed by atoms with Gasteiger partial charge in [0, 0.05) is 42.3 Å². The van der Waals surface area contributed by atoms with E-state index in [0.717, 1.165) is 37.4 Å². The van der Waals surface area contributed by atoms with Crippen LogP contribution in [-0.4, -0.2) is 55.6 Å². The van der Waals surface area contributed by atoms with E-state index in [2.05, 4.69) is 29.1 Å². The molecule has 2 unspecified atom stereocenters. The van der Waals surface area contributed by atoms with Crippen LogP contribution in [0.4, 0.5) is 13.2 Å². The molecule has 2 aliphatic carbocycles. The number of pyridine rings is 1. The van der Waals surface area contributed by atoms with Gasteiger partial charge in [0.15, 0.2) is 24.4 Å². The van der Waals surface area contributed by atoms with Crippen LogP contribution in [0.5, 0.6) is 17.4 Å². The van der Waals surface area contributed by atoms with Crippen LogP contribution in [0.25, 0.3) is 0 Å². The summed E-state index contributed by atoms with van der Waals surface area (Å²) in [4.78, 5) is 6.33. The topological polar surface area (TPSA) is 53.1 Å². The first kappa shape index (κ1) is 21.7. The van der Waals surface area contributed by atoms with E-state index in [-0.39, 0.29) is 30.1 Å². The number of aromatic nitrogens is 1. The second kappa shape index (κ2) is 7.61. The Labute approximate surface area is 195 Å². The summed E-state index contributed by atoms with van der Waals surface area (Å²) in [5.41, 5.74) is 1.32. The summed E-state index contributed by atoms with van der Waals surface area (Å²) in [6.07, 6.45) is 1.49. The third-order valence-electron chi connectivity index (χ3n) is 7.77. The molecule has 0 amide bonds. The number of methoxy groups -OCH3 is 1. The Morgan fingerprint density at radius 1 is 1.21 bits per heavy atom. The number of nitrogens with zero attached hydrogens (tertiary/aromatic N) is 2. The lowest BCUT2D eigenvalue weighted by Gasteiger charge is -2.56. The van der Waals surface area contributed by atoms with Crippen LogP contribution >= 0.6 is 0 Å². The van der Waals surface area contributed by atoms with Crippen molar-refractivity contribution >= 4 is 0 Å². The Balaban J connectivity index is 1.40. The van der Waals surface area contributed by atoms with E-state index in [1.54, 1.807) is 7.11 Å². The summed E-state index contributed by atoms with van der Waals surface area (Å²) >= 11 is 0. The van der Waals surface area contributed by atoms with Crippen molar-refractivity contribution in [3.8, 4) is 17.4 Å². The average Bonchev–Trinajstić information content (AvgIpc) is 3.17. The summed E-state index contributed by atoms with van der Waals surface area (Å²) in [6.45, 7) is 1.03. The van der Waals surface area contributed by atoms with Gasteiger partial charge in [-0.3, -0.25) is 0 Å². The summed E-state index contributed by atoms with van der Waals surface area (Å²) in [5.74, 6) is 1.73. The lowest BCUT2D eigenvalue weighted by atomic mass is 9.53. The maximum Gasteiger partial charge on any atom is 0.417 e. The standard InChI is InChI=1S/C25H25F3N2O4/c1-30-10-9-24-16-5-7-19(33-20-8-4-15(12-29-20)25(26,27)28)23(24)34-22-18(32-13-31-2)6-3-14(21(22)24)11-17(16)30/h3-8,12,16-17,19,23H,9-11,13H2,1-2H3/t16-,17+,19?,23?,24-/m0/s1. The number of benzene rings is 1. The number of hydrogen-bond donors (Lipinski definition) is 0. The fourth-order valence-electron chi connectivity index (χ4n) is 6.30. The molecule has 3 heterocycles. The van der Waals surface area contributed by atoms with Crippen molar-refractivity contribution in [3.63, 3.8) is 0 Å². The van der Waals surface area contributed by atoms with Gasteiger partial charge in [0.25, 0.3) is 0 Å². The van der Waals surface area contributed by atoms with Gasteiger partial charge in [-0.25, -0.2) is 4.98 Å². The highest BCUT2D eigenvalue weighted by molar-refractivity contribution is 5.62. The van der Waals surface area contributed by atoms with Gasteiger partial charge >= 0.3 is 6.18 Å². The zero-order valence-electron chi connectivity index (χ0n) is 18.8. The molecule has 1 aromatic carbocycles. The highest BCUT2D eigenvalue weighted by atomic mass is 19.4. The predicted octanol–water partition coefficient (Wildman–Crippen LogP) is 3.98. The van der Waals surface area contributed by atoms with Crippen LogP contribution in [0.1, 0.15) is 23.1 Å². The van der Waals surface area contributed by atoms with Gasteiger partial charge in [-0.2, -0.15) is 13.2 Å². The van der Waals surface area contributed by atoms with Crippen molar-refractivity contribution in [1.82, 2.24) is 9.88 Å². The molecule has 1 fully saturated rings. The molecule has 1 aromatic heterocycles. The van der Waals surface area contributed by atoms with Crippen LogP contribution in [0.3, 0.4) is 0 Å². The summed E-state index contributed by atoms with van der Waals surface area (Å²) in [7, 11) is 3.73. The molecule has 0 radical (unpaired) electrons. The maximum atomic E-state index is 13.0. The Hall–Kier alpha value is -2.78. The van der Waals surface area contributed by atoms with Crippen LogP contribution in [0.15, 0.2) is 42.6 Å². The number of alkyl halides is 3. The van der Waals surface area contributed by atoms with Crippen molar-refractivity contribution in [1.29, 1.82) is 0 Å². The lowest BCUT2D eigenvalue weighted by molar-refractivity contribution is -0.137. The minimum Gasteiger partial charge on any atom is -0.481 e. The number of rotatable bonds is 5. The highest BCUT2D eigenvalue weighted by Gasteiger charge is 2.65. The molecule has 180 valence electrons. The fourth-order valence-corrected chi connectivity index (χ4v) is 6.30. The van der Waals surface area contributed by atoms with Crippen molar-refractivity contribution in [2.24, 2.45) is 5.92 Å². The minimum atomic E-state index is -4.45. The largest absolute Gasteiger partial charge is 0.481 e. The molecule has 4 aliphatic rings. The van der Waals surface area contributed by atoms with E-state index in [9.17, 15) is 13.2 Å². The van der Waals surface area contributed by atoms with E-state index >= 15 is 0 Å². The number of ether oxygens (including phenoxy) is 4. The van der Waals surface area contributed by atoms with Crippen LogP contribution < -0.4 is 14.2 Å². The molecule has 2 bridgehead atoms. The smallest absolute Gasteiger partial charge is 0.417 e. The number of likely N-dealkylation sites (N-methyl/N-ethyl adjacent to an activating group) is 1. The summed E-state index contributed by atoms with van der Waals surface area (Å²) in [5, 5.41) is 0. The first-order valence-electron chi connectivity index (χ1n) is 11.4. The number of likely N-dealkylation sites (tertiary alicyclic amines) is 1. The zero-order valence-corrected chi connectivity index (χ0v) is 18.8. The first-order chi connectivity index (χ1) is 16.3. The molecule has 6 nitrogen and oxygen atoms in total. The van der Waals surface area contributed by atoms with E-state index in [4.69, 9.17) is 18.9 Å². The Morgan fingerprint density at radius 3 is 2.79 bits per heavy atom. The molecule has 1 spiro atoms. The number of piperidine rings is 1. The highest BCUT2D eigenvalue weighted by Crippen LogP contribution is 2.62. The van der Waals surface area contributed by atoms with Gasteiger partial charge in [-0.05, 0) is 50.2 Å². The summed E-state index contributed by atoms with van der Waals surface area (Å²) in [6, 6.07) is 6.63. The zero-order chi connectivity index (χ0) is 23.7. The Morgan fingerprint density at radius 2 is 2.06 bits per heavy atom. The third-order valence-corrected chi connectivity index (χ3v) is 7.77. The maximum absolute atomic E-state index is 13.0. The second-order valence-corrected chi connectivity index (χ2v) is 9.43. The Kier molecular flexibility index (Phi) is 4.87. The average molecular weight is 474 g/mol. The fraction of sp³-hybridized carbons (Fsp3) is 0.480. The molecule has 0 saturated carbocycles. The second-order valence-electron chi connectivity index (χ2n) is 9.43. The molecule has 0 N–H and O–H groups in total. The molecule has 2 aromatic rings. The minimum absolute atomic E-state index is 0.106. The molecular weight excluding hydrogens is 449 g/mol. The quantitative estimate of drug-likeness (QED) is 0.483. The van der Waals surface area contributed by atoms with E-state index < -0.39 is 17.8 Å². The van der Waals surface area contributed by atoms with Gasteiger partial charge in [-0.1, -0.05) is 12.1 Å². The van der Waals surface area contributed by atoms with E-state index in [0.29, 0.717) is 11.8 Å². The third kappa shape index (κ3) is 3.06. The van der Waals surface area contributed by atoms with Crippen LogP contribution in [-0.2, 0) is 22.7 Å². The molecule has 5 atom stereocenters. The van der Waals surface area contributed by atoms with Gasteiger partial charge < -0.3 is 23.8 Å². The molecule has 34 heavy (non-hydrogen) atoms.